The predicted molar refractivity (Wildman–Crippen MR) is 151 cm³/mol. The highest BCUT2D eigenvalue weighted by atomic mass is 16.5. The summed E-state index contributed by atoms with van der Waals surface area (Å²) in [5.74, 6) is -0.0164. The van der Waals surface area contributed by atoms with E-state index in [1.165, 1.54) is 0 Å². The van der Waals surface area contributed by atoms with Gasteiger partial charge in [0.2, 0.25) is 0 Å². The van der Waals surface area contributed by atoms with Crippen molar-refractivity contribution in [1.29, 1.82) is 0 Å². The first kappa shape index (κ1) is 28.5. The number of rotatable bonds is 10. The molecule has 1 aliphatic heterocycles. The highest BCUT2D eigenvalue weighted by molar-refractivity contribution is 6.08. The topological polar surface area (TPSA) is 101 Å². The second-order valence-electron chi connectivity index (χ2n) is 9.91. The number of hydrogen-bond acceptors (Lipinski definition) is 6. The second kappa shape index (κ2) is 13.0. The van der Waals surface area contributed by atoms with Gasteiger partial charge in [-0.15, -0.1) is 0 Å². The molecule has 3 aromatic rings. The number of pyridine rings is 1. The Kier molecular flexibility index (Phi) is 9.27. The fourth-order valence-corrected chi connectivity index (χ4v) is 4.62. The van der Waals surface area contributed by atoms with E-state index >= 15 is 0 Å². The summed E-state index contributed by atoms with van der Waals surface area (Å²) < 4.78 is 11.3. The van der Waals surface area contributed by atoms with E-state index in [1.807, 2.05) is 36.4 Å². The van der Waals surface area contributed by atoms with E-state index in [9.17, 15) is 14.4 Å². The number of aliphatic imine (C=N–C) groups is 1. The third-order valence-corrected chi connectivity index (χ3v) is 6.54. The van der Waals surface area contributed by atoms with Gasteiger partial charge in [-0.25, -0.2) is 9.79 Å². The van der Waals surface area contributed by atoms with Gasteiger partial charge in [-0.3, -0.25) is 14.6 Å². The molecule has 1 aliphatic rings. The summed E-state index contributed by atoms with van der Waals surface area (Å²) in [5.41, 5.74) is 1.51. The molecule has 0 radical (unpaired) electrons. The number of carbonyl (C=O) groups is 3. The molecule has 0 spiro atoms. The summed E-state index contributed by atoms with van der Waals surface area (Å²) in [5, 5.41) is 0. The molecule has 2 aromatic carbocycles. The van der Waals surface area contributed by atoms with Gasteiger partial charge in [-0.1, -0.05) is 24.3 Å². The number of carbonyl (C=O) groups excluding carboxylic acids is 3. The molecule has 40 heavy (non-hydrogen) atoms. The number of nitrogens with zero attached hydrogens (tertiary/aromatic N) is 4. The molecule has 0 bridgehead atoms. The zero-order valence-electron chi connectivity index (χ0n) is 23.2. The quantitative estimate of drug-likeness (QED) is 0.312. The molecule has 0 N–H and O–H groups in total. The molecule has 4 rings (SSSR count). The maximum absolute atomic E-state index is 13.1. The van der Waals surface area contributed by atoms with E-state index in [0.717, 1.165) is 0 Å². The van der Waals surface area contributed by atoms with E-state index in [1.54, 1.807) is 80.2 Å². The van der Waals surface area contributed by atoms with Gasteiger partial charge in [0.25, 0.3) is 5.91 Å². The van der Waals surface area contributed by atoms with Crippen molar-refractivity contribution in [2.45, 2.75) is 39.3 Å². The van der Waals surface area contributed by atoms with Crippen LogP contribution in [0.25, 0.3) is 0 Å². The van der Waals surface area contributed by atoms with E-state index in [2.05, 4.69) is 9.98 Å². The van der Waals surface area contributed by atoms with E-state index in [-0.39, 0.29) is 18.6 Å². The van der Waals surface area contributed by atoms with Crippen LogP contribution in [0, 0.1) is 5.92 Å². The molecular weight excluding hydrogens is 508 g/mol. The molecule has 9 heteroatoms. The van der Waals surface area contributed by atoms with Crippen LogP contribution in [0.15, 0.2) is 84.0 Å². The Morgan fingerprint density at radius 2 is 1.65 bits per heavy atom. The Morgan fingerprint density at radius 1 is 0.975 bits per heavy atom. The number of para-hydroxylation sites is 1. The molecule has 2 heterocycles. The average Bonchev–Trinajstić information content (AvgIpc) is 2.94. The standard InChI is InChI=1S/C31H34N4O5/c1-21(2)39-30(37)27-22(3)33-31(38)35(28(27)26-13-8-9-18-32-26)20-10-19-34(4)29(36)23-14-16-25(17-15-23)40-24-11-6-5-7-12-24/h5-9,11-18,21,27-28H,10,19-20H2,1-4H3. The summed E-state index contributed by atoms with van der Waals surface area (Å²) >= 11 is 0. The first-order valence-corrected chi connectivity index (χ1v) is 13.3. The van der Waals surface area contributed by atoms with Crippen molar-refractivity contribution in [2.75, 3.05) is 20.1 Å². The lowest BCUT2D eigenvalue weighted by molar-refractivity contribution is -0.151. The summed E-state index contributed by atoms with van der Waals surface area (Å²) in [6.45, 7) is 5.90. The molecule has 0 saturated carbocycles. The summed E-state index contributed by atoms with van der Waals surface area (Å²) in [4.78, 5) is 50.9. The zero-order valence-corrected chi connectivity index (χ0v) is 23.2. The lowest BCUT2D eigenvalue weighted by Crippen LogP contribution is -2.48. The van der Waals surface area contributed by atoms with Crippen LogP contribution >= 0.6 is 0 Å². The molecule has 0 saturated heterocycles. The van der Waals surface area contributed by atoms with Crippen LogP contribution in [0.1, 0.15) is 49.3 Å². The van der Waals surface area contributed by atoms with Crippen LogP contribution in [-0.4, -0.2) is 64.6 Å². The van der Waals surface area contributed by atoms with Crippen molar-refractivity contribution in [1.82, 2.24) is 14.8 Å². The van der Waals surface area contributed by atoms with Crippen molar-refractivity contribution in [3.63, 3.8) is 0 Å². The SMILES string of the molecule is CC1=NC(=O)N(CCCN(C)C(=O)c2ccc(Oc3ccccc3)cc2)C(c2ccccn2)C1C(=O)OC(C)C. The maximum atomic E-state index is 13.1. The molecular formula is C31H34N4O5. The van der Waals surface area contributed by atoms with Crippen LogP contribution in [0.4, 0.5) is 4.79 Å². The first-order chi connectivity index (χ1) is 19.2. The molecule has 1 aromatic heterocycles. The van der Waals surface area contributed by atoms with E-state index < -0.39 is 24.0 Å². The number of ether oxygens (including phenoxy) is 2. The second-order valence-corrected chi connectivity index (χ2v) is 9.91. The van der Waals surface area contributed by atoms with Crippen LogP contribution in [0.2, 0.25) is 0 Å². The average molecular weight is 543 g/mol. The van der Waals surface area contributed by atoms with Crippen molar-refractivity contribution in [3.05, 3.63) is 90.3 Å². The van der Waals surface area contributed by atoms with Crippen molar-refractivity contribution >= 4 is 23.6 Å². The molecule has 2 unspecified atom stereocenters. The monoisotopic (exact) mass is 542 g/mol. The molecule has 9 nitrogen and oxygen atoms in total. The van der Waals surface area contributed by atoms with E-state index in [4.69, 9.17) is 9.47 Å². The fraction of sp³-hybridized carbons (Fsp3) is 0.323. The van der Waals surface area contributed by atoms with Crippen LogP contribution in [0.3, 0.4) is 0 Å². The minimum atomic E-state index is -0.772. The molecule has 0 fully saturated rings. The van der Waals surface area contributed by atoms with Gasteiger partial charge in [0.15, 0.2) is 0 Å². The van der Waals surface area contributed by atoms with E-state index in [0.29, 0.717) is 41.4 Å². The minimum Gasteiger partial charge on any atom is -0.462 e. The van der Waals surface area contributed by atoms with Gasteiger partial charge in [0.05, 0.1) is 17.8 Å². The predicted octanol–water partition coefficient (Wildman–Crippen LogP) is 5.54. The smallest absolute Gasteiger partial charge is 0.344 e. The Hall–Kier alpha value is -4.53. The third-order valence-electron chi connectivity index (χ3n) is 6.54. The van der Waals surface area contributed by atoms with Gasteiger partial charge < -0.3 is 19.3 Å². The van der Waals surface area contributed by atoms with Gasteiger partial charge in [-0.05, 0) is 75.7 Å². The number of aromatic nitrogens is 1. The van der Waals surface area contributed by atoms with Crippen molar-refractivity contribution in [2.24, 2.45) is 10.9 Å². The Labute approximate surface area is 234 Å². The van der Waals surface area contributed by atoms with Crippen molar-refractivity contribution < 1.29 is 23.9 Å². The summed E-state index contributed by atoms with van der Waals surface area (Å²) in [6.07, 6.45) is 1.80. The van der Waals surface area contributed by atoms with Gasteiger partial charge in [0.1, 0.15) is 17.4 Å². The maximum Gasteiger partial charge on any atom is 0.344 e. The van der Waals surface area contributed by atoms with Crippen molar-refractivity contribution in [3.8, 4) is 11.5 Å². The van der Waals surface area contributed by atoms with Crippen LogP contribution in [-0.2, 0) is 9.53 Å². The zero-order chi connectivity index (χ0) is 28.6. The lowest BCUT2D eigenvalue weighted by Gasteiger charge is -2.38. The van der Waals surface area contributed by atoms with Gasteiger partial charge in [-0.2, -0.15) is 0 Å². The lowest BCUT2D eigenvalue weighted by atomic mass is 9.89. The number of esters is 1. The Balaban J connectivity index is 1.42. The largest absolute Gasteiger partial charge is 0.462 e. The number of hydrogen-bond donors (Lipinski definition) is 0. The third kappa shape index (κ3) is 6.91. The minimum absolute atomic E-state index is 0.148. The fourth-order valence-electron chi connectivity index (χ4n) is 4.62. The first-order valence-electron chi connectivity index (χ1n) is 13.3. The summed E-state index contributed by atoms with van der Waals surface area (Å²) in [7, 11) is 1.72. The Bertz CT molecular complexity index is 1340. The molecule has 3 amide bonds. The molecule has 208 valence electrons. The number of amides is 3. The normalized spacial score (nSPS) is 16.9. The molecule has 2 atom stereocenters. The van der Waals surface area contributed by atoms with Crippen LogP contribution < -0.4 is 4.74 Å². The Morgan fingerprint density at radius 3 is 2.30 bits per heavy atom. The highest BCUT2D eigenvalue weighted by Gasteiger charge is 2.43. The highest BCUT2D eigenvalue weighted by Crippen LogP contribution is 2.34. The number of urea groups is 1. The molecule has 0 aliphatic carbocycles. The summed E-state index contributed by atoms with van der Waals surface area (Å²) in [6, 6.07) is 20.7. The van der Waals surface area contributed by atoms with Crippen LogP contribution in [0.5, 0.6) is 11.5 Å². The van der Waals surface area contributed by atoms with Gasteiger partial charge in [0, 0.05) is 37.6 Å². The number of benzene rings is 2. The van der Waals surface area contributed by atoms with Gasteiger partial charge >= 0.3 is 12.0 Å².